The molecule has 1 saturated carbocycles. The first kappa shape index (κ1) is 26.6. The lowest BCUT2D eigenvalue weighted by Gasteiger charge is -2.28. The topological polar surface area (TPSA) is 137 Å². The highest BCUT2D eigenvalue weighted by Crippen LogP contribution is 2.40. The molecule has 10 nitrogen and oxygen atoms in total. The van der Waals surface area contributed by atoms with Crippen molar-refractivity contribution in [2.45, 2.75) is 71.0 Å². The normalized spacial score (nSPS) is 23.3. The first-order valence-electron chi connectivity index (χ1n) is 12.1. The number of likely N-dealkylation sites (N-methyl/N-ethyl adjacent to an activating group) is 1. The summed E-state index contributed by atoms with van der Waals surface area (Å²) >= 11 is 1.53. The van der Waals surface area contributed by atoms with E-state index in [1.54, 1.807) is 27.2 Å². The molecule has 3 aromatic heterocycles. The number of rotatable bonds is 8. The molecule has 196 valence electrons. The number of nitrogens with one attached hydrogen (secondary N) is 1. The standard InChI is InChI=1S/C25H36N6O4S/c1-12(35-7)11-31(6)24-27-13(2)18(23-29-19-14(3)26-9-8-17(19)36-23)22(30-24)28-16-10-15(25(4,5)34)20(32)21(16)33/h8-9,12,15-16,20-21,32-34H,10-11H2,1-7H3,(H,27,28,30)/t12-,15+,16-,20-,21+/m1/s1. The third kappa shape index (κ3) is 5.16. The van der Waals surface area contributed by atoms with Gasteiger partial charge >= 0.3 is 0 Å². The molecular formula is C25H36N6O4S. The maximum Gasteiger partial charge on any atom is 0.227 e. The number of aliphatic hydroxyl groups is 3. The zero-order chi connectivity index (χ0) is 26.4. The van der Waals surface area contributed by atoms with Gasteiger partial charge in [0.2, 0.25) is 5.95 Å². The monoisotopic (exact) mass is 516 g/mol. The Labute approximate surface area is 215 Å². The van der Waals surface area contributed by atoms with Crippen LogP contribution in [-0.2, 0) is 4.74 Å². The van der Waals surface area contributed by atoms with Crippen LogP contribution in [0, 0.1) is 19.8 Å². The fourth-order valence-corrected chi connectivity index (χ4v) is 5.89. The molecule has 1 fully saturated rings. The summed E-state index contributed by atoms with van der Waals surface area (Å²) in [6, 6.07) is 1.42. The maximum atomic E-state index is 10.8. The molecule has 0 saturated heterocycles. The molecule has 1 aliphatic carbocycles. The van der Waals surface area contributed by atoms with Crippen LogP contribution in [0.25, 0.3) is 20.8 Å². The smallest absolute Gasteiger partial charge is 0.227 e. The number of aliphatic hydroxyl groups excluding tert-OH is 2. The van der Waals surface area contributed by atoms with Crippen LogP contribution in [0.2, 0.25) is 0 Å². The van der Waals surface area contributed by atoms with Gasteiger partial charge in [-0.2, -0.15) is 4.98 Å². The number of hydrogen-bond donors (Lipinski definition) is 4. The van der Waals surface area contributed by atoms with Gasteiger partial charge in [-0.1, -0.05) is 0 Å². The van der Waals surface area contributed by atoms with E-state index in [9.17, 15) is 15.3 Å². The molecular weight excluding hydrogens is 480 g/mol. The predicted octanol–water partition coefficient (Wildman–Crippen LogP) is 2.53. The van der Waals surface area contributed by atoms with Crippen LogP contribution < -0.4 is 10.2 Å². The fourth-order valence-electron chi connectivity index (χ4n) is 4.77. The van der Waals surface area contributed by atoms with Gasteiger partial charge in [0, 0.05) is 32.8 Å². The number of methoxy groups -OCH3 is 1. The zero-order valence-electron chi connectivity index (χ0n) is 21.8. The van der Waals surface area contributed by atoms with Crippen molar-refractivity contribution in [1.82, 2.24) is 19.9 Å². The van der Waals surface area contributed by atoms with Crippen molar-refractivity contribution in [2.24, 2.45) is 5.92 Å². The van der Waals surface area contributed by atoms with E-state index in [4.69, 9.17) is 19.7 Å². The molecule has 3 heterocycles. The number of hydrogen-bond acceptors (Lipinski definition) is 11. The average Bonchev–Trinajstić information content (AvgIpc) is 3.36. The minimum atomic E-state index is -1.14. The Hall–Kier alpha value is -2.44. The largest absolute Gasteiger partial charge is 0.390 e. The molecule has 0 amide bonds. The van der Waals surface area contributed by atoms with Crippen molar-refractivity contribution in [2.75, 3.05) is 30.9 Å². The second kappa shape index (κ2) is 10.1. The van der Waals surface area contributed by atoms with Gasteiger partial charge in [-0.25, -0.2) is 9.97 Å². The van der Waals surface area contributed by atoms with Gasteiger partial charge in [0.1, 0.15) is 22.4 Å². The number of fused-ring (bicyclic) bond motifs is 1. The maximum absolute atomic E-state index is 10.8. The third-order valence-corrected chi connectivity index (χ3v) is 8.01. The molecule has 0 aromatic carbocycles. The van der Waals surface area contributed by atoms with E-state index in [0.29, 0.717) is 24.7 Å². The van der Waals surface area contributed by atoms with E-state index in [1.165, 1.54) is 11.3 Å². The number of aromatic nitrogens is 4. The van der Waals surface area contributed by atoms with E-state index < -0.39 is 29.8 Å². The molecule has 5 atom stereocenters. The number of pyridine rings is 1. The van der Waals surface area contributed by atoms with E-state index in [-0.39, 0.29) is 6.10 Å². The fraction of sp³-hybridized carbons (Fsp3) is 0.600. The lowest BCUT2D eigenvalue weighted by molar-refractivity contribution is -0.0601. The van der Waals surface area contributed by atoms with Crippen LogP contribution in [0.3, 0.4) is 0 Å². The summed E-state index contributed by atoms with van der Waals surface area (Å²) in [5.74, 6) is 0.540. The quantitative estimate of drug-likeness (QED) is 0.353. The summed E-state index contributed by atoms with van der Waals surface area (Å²) in [5.41, 5.74) is 2.00. The molecule has 0 aliphatic heterocycles. The van der Waals surface area contributed by atoms with E-state index in [0.717, 1.165) is 32.2 Å². The number of ether oxygens (including phenoxy) is 1. The van der Waals surface area contributed by atoms with Gasteiger partial charge in [-0.05, 0) is 47.1 Å². The van der Waals surface area contributed by atoms with E-state index in [1.807, 2.05) is 38.8 Å². The lowest BCUT2D eigenvalue weighted by atomic mass is 9.88. The Balaban J connectivity index is 1.78. The molecule has 3 aromatic rings. The molecule has 1 aliphatic rings. The van der Waals surface area contributed by atoms with Gasteiger partial charge in [0.25, 0.3) is 0 Å². The van der Waals surface area contributed by atoms with Crippen molar-refractivity contribution < 1.29 is 20.1 Å². The van der Waals surface area contributed by atoms with Crippen molar-refractivity contribution in [3.63, 3.8) is 0 Å². The van der Waals surface area contributed by atoms with Gasteiger partial charge in [-0.15, -0.1) is 11.3 Å². The number of anilines is 2. The summed E-state index contributed by atoms with van der Waals surface area (Å²) < 4.78 is 6.42. The summed E-state index contributed by atoms with van der Waals surface area (Å²) in [4.78, 5) is 20.7. The van der Waals surface area contributed by atoms with Gasteiger partial charge in [0.15, 0.2) is 0 Å². The second-order valence-corrected chi connectivity index (χ2v) is 11.3. The lowest BCUT2D eigenvalue weighted by Crippen LogP contribution is -2.40. The van der Waals surface area contributed by atoms with Crippen LogP contribution in [0.5, 0.6) is 0 Å². The Kier molecular flexibility index (Phi) is 7.50. The van der Waals surface area contributed by atoms with E-state index >= 15 is 0 Å². The molecule has 0 radical (unpaired) electrons. The highest BCUT2D eigenvalue weighted by Gasteiger charge is 2.48. The Morgan fingerprint density at radius 1 is 1.19 bits per heavy atom. The molecule has 4 rings (SSSR count). The molecule has 0 spiro atoms. The van der Waals surface area contributed by atoms with Crippen LogP contribution in [0.1, 0.15) is 38.6 Å². The molecule has 36 heavy (non-hydrogen) atoms. The van der Waals surface area contributed by atoms with Gasteiger partial charge in [-0.3, -0.25) is 4.98 Å². The van der Waals surface area contributed by atoms with Crippen molar-refractivity contribution in [3.05, 3.63) is 23.7 Å². The van der Waals surface area contributed by atoms with Crippen molar-refractivity contribution >= 4 is 33.3 Å². The zero-order valence-corrected chi connectivity index (χ0v) is 22.7. The summed E-state index contributed by atoms with van der Waals surface area (Å²) in [6.45, 7) is 9.70. The number of thiazole rings is 1. The highest BCUT2D eigenvalue weighted by atomic mass is 32.1. The molecule has 0 unspecified atom stereocenters. The van der Waals surface area contributed by atoms with Crippen molar-refractivity contribution in [3.8, 4) is 10.6 Å². The van der Waals surface area contributed by atoms with Crippen molar-refractivity contribution in [1.29, 1.82) is 0 Å². The first-order chi connectivity index (χ1) is 16.9. The van der Waals surface area contributed by atoms with Crippen LogP contribution in [0.4, 0.5) is 11.8 Å². The summed E-state index contributed by atoms with van der Waals surface area (Å²) in [7, 11) is 3.56. The Morgan fingerprint density at radius 2 is 1.92 bits per heavy atom. The minimum absolute atomic E-state index is 0.0194. The second-order valence-electron chi connectivity index (χ2n) is 10.2. The van der Waals surface area contributed by atoms with Crippen LogP contribution in [0.15, 0.2) is 12.3 Å². The van der Waals surface area contributed by atoms with Gasteiger partial charge < -0.3 is 30.3 Å². The third-order valence-electron chi connectivity index (χ3n) is 6.97. The molecule has 11 heteroatoms. The molecule has 0 bridgehead atoms. The summed E-state index contributed by atoms with van der Waals surface area (Å²) in [5, 5.41) is 36.2. The summed E-state index contributed by atoms with van der Waals surface area (Å²) in [6.07, 6.45) is -0.00212. The van der Waals surface area contributed by atoms with Crippen LogP contribution >= 0.6 is 11.3 Å². The van der Waals surface area contributed by atoms with E-state index in [2.05, 4.69) is 10.3 Å². The SMILES string of the molecule is CO[C@H](C)CN(C)c1nc(C)c(-c2nc3c(C)nccc3s2)c(N[C@@H]2C[C@H](C(C)(C)O)[C@@H](O)[C@H]2O)n1. The Morgan fingerprint density at radius 3 is 2.53 bits per heavy atom. The number of nitrogens with zero attached hydrogens (tertiary/aromatic N) is 5. The number of aryl methyl sites for hydroxylation is 2. The minimum Gasteiger partial charge on any atom is -0.390 e. The van der Waals surface area contributed by atoms with Gasteiger partial charge in [0.05, 0.1) is 45.5 Å². The average molecular weight is 517 g/mol. The Bertz CT molecular complexity index is 1230. The highest BCUT2D eigenvalue weighted by molar-refractivity contribution is 7.21. The first-order valence-corrected chi connectivity index (χ1v) is 12.9. The molecule has 4 N–H and O–H groups in total. The van der Waals surface area contributed by atoms with Crippen LogP contribution in [-0.4, -0.2) is 85.9 Å². The predicted molar refractivity (Wildman–Crippen MR) is 141 cm³/mol.